The molecule has 1 aliphatic carbocycles. The molecular formula is C21H31N3O2. The maximum Gasteiger partial charge on any atom is 0.227 e. The number of nitrogens with one attached hydrogen (secondary N) is 3. The van der Waals surface area contributed by atoms with Crippen LogP contribution in [0.1, 0.15) is 57.8 Å². The Kier molecular flexibility index (Phi) is 7.06. The molecule has 1 saturated carbocycles. The summed E-state index contributed by atoms with van der Waals surface area (Å²) in [5.41, 5.74) is 1.51. The number of rotatable bonds is 5. The van der Waals surface area contributed by atoms with Gasteiger partial charge in [0.25, 0.3) is 0 Å². The molecular weight excluding hydrogens is 326 g/mol. The lowest BCUT2D eigenvalue weighted by atomic mass is 9.88. The number of anilines is 2. The molecule has 5 nitrogen and oxygen atoms in total. The molecule has 3 rings (SSSR count). The Morgan fingerprint density at radius 1 is 0.923 bits per heavy atom. The molecule has 1 heterocycles. The summed E-state index contributed by atoms with van der Waals surface area (Å²) in [6, 6.07) is 7.49. The molecule has 0 radical (unpaired) electrons. The van der Waals surface area contributed by atoms with Crippen molar-refractivity contribution >= 4 is 23.2 Å². The maximum atomic E-state index is 12.4. The smallest absolute Gasteiger partial charge is 0.227 e. The van der Waals surface area contributed by atoms with Crippen LogP contribution >= 0.6 is 0 Å². The van der Waals surface area contributed by atoms with Crippen molar-refractivity contribution in [3.8, 4) is 0 Å². The van der Waals surface area contributed by atoms with E-state index in [9.17, 15) is 9.59 Å². The van der Waals surface area contributed by atoms with E-state index in [2.05, 4.69) is 16.0 Å². The lowest BCUT2D eigenvalue weighted by Crippen LogP contribution is -2.24. The zero-order valence-electron chi connectivity index (χ0n) is 15.6. The minimum atomic E-state index is 0.0626. The van der Waals surface area contributed by atoms with E-state index in [1.165, 1.54) is 6.42 Å². The standard InChI is InChI=1S/C21H31N3O2/c25-20(14-16-6-5-12-22-13-11-16)23-18-9-4-10-19(15-18)24-21(26)17-7-2-1-3-8-17/h4,9-10,15-17,22H,1-3,5-8,11-14H2,(H,23,25)(H,24,26). The minimum absolute atomic E-state index is 0.0626. The molecule has 0 bridgehead atoms. The van der Waals surface area contributed by atoms with E-state index in [1.54, 1.807) is 0 Å². The number of amides is 2. The summed E-state index contributed by atoms with van der Waals surface area (Å²) in [7, 11) is 0. The first-order chi connectivity index (χ1) is 12.7. The van der Waals surface area contributed by atoms with Crippen LogP contribution in [0.2, 0.25) is 0 Å². The molecule has 0 aromatic heterocycles. The van der Waals surface area contributed by atoms with Crippen LogP contribution in [0.3, 0.4) is 0 Å². The second-order valence-electron chi connectivity index (χ2n) is 7.70. The largest absolute Gasteiger partial charge is 0.326 e. The van der Waals surface area contributed by atoms with Crippen molar-refractivity contribution < 1.29 is 9.59 Å². The third kappa shape index (κ3) is 5.84. The van der Waals surface area contributed by atoms with E-state index in [4.69, 9.17) is 0 Å². The van der Waals surface area contributed by atoms with E-state index in [-0.39, 0.29) is 17.7 Å². The Bertz CT molecular complexity index is 603. The number of carbonyl (C=O) groups excluding carboxylic acids is 2. The highest BCUT2D eigenvalue weighted by atomic mass is 16.2. The normalized spacial score (nSPS) is 21.6. The van der Waals surface area contributed by atoms with Crippen LogP contribution in [0.25, 0.3) is 0 Å². The van der Waals surface area contributed by atoms with Crippen LogP contribution in [0.15, 0.2) is 24.3 Å². The van der Waals surface area contributed by atoms with Gasteiger partial charge in [0.2, 0.25) is 11.8 Å². The average Bonchev–Trinajstić information content (AvgIpc) is 2.91. The lowest BCUT2D eigenvalue weighted by molar-refractivity contribution is -0.120. The van der Waals surface area contributed by atoms with Crippen molar-refractivity contribution in [1.29, 1.82) is 0 Å². The number of hydrogen-bond acceptors (Lipinski definition) is 3. The first-order valence-corrected chi connectivity index (χ1v) is 10.1. The van der Waals surface area contributed by atoms with Crippen LogP contribution in [-0.2, 0) is 9.59 Å². The van der Waals surface area contributed by atoms with Crippen molar-refractivity contribution in [3.63, 3.8) is 0 Å². The molecule has 0 spiro atoms. The quantitative estimate of drug-likeness (QED) is 0.748. The van der Waals surface area contributed by atoms with Gasteiger partial charge in [-0.2, -0.15) is 0 Å². The highest BCUT2D eigenvalue weighted by Gasteiger charge is 2.21. The van der Waals surface area contributed by atoms with E-state index in [0.717, 1.165) is 69.4 Å². The Morgan fingerprint density at radius 2 is 1.69 bits per heavy atom. The molecule has 2 fully saturated rings. The summed E-state index contributed by atoms with van der Waals surface area (Å²) in [6.45, 7) is 2.06. The van der Waals surface area contributed by atoms with Crippen LogP contribution in [0.4, 0.5) is 11.4 Å². The molecule has 26 heavy (non-hydrogen) atoms. The second kappa shape index (κ2) is 9.72. The molecule has 1 aromatic rings. The molecule has 1 aromatic carbocycles. The molecule has 1 unspecified atom stereocenters. The van der Waals surface area contributed by atoms with Gasteiger partial charge in [-0.1, -0.05) is 25.3 Å². The molecule has 2 aliphatic rings. The highest BCUT2D eigenvalue weighted by molar-refractivity contribution is 5.95. The van der Waals surface area contributed by atoms with Crippen molar-refractivity contribution in [2.24, 2.45) is 11.8 Å². The lowest BCUT2D eigenvalue weighted by Gasteiger charge is -2.21. The average molecular weight is 357 g/mol. The fourth-order valence-electron chi connectivity index (χ4n) is 4.05. The van der Waals surface area contributed by atoms with E-state index in [1.807, 2.05) is 24.3 Å². The van der Waals surface area contributed by atoms with Crippen molar-refractivity contribution in [1.82, 2.24) is 5.32 Å². The van der Waals surface area contributed by atoms with Gasteiger partial charge in [-0.25, -0.2) is 0 Å². The maximum absolute atomic E-state index is 12.4. The van der Waals surface area contributed by atoms with Gasteiger partial charge in [-0.15, -0.1) is 0 Å². The SMILES string of the molecule is O=C(CC1CCCNCC1)Nc1cccc(NC(=O)C2CCCCC2)c1. The Labute approximate surface area is 156 Å². The molecule has 1 aliphatic heterocycles. The summed E-state index contributed by atoms with van der Waals surface area (Å²) >= 11 is 0. The Hall–Kier alpha value is -1.88. The van der Waals surface area contributed by atoms with Crippen LogP contribution < -0.4 is 16.0 Å². The molecule has 1 saturated heterocycles. The highest BCUT2D eigenvalue weighted by Crippen LogP contribution is 2.26. The monoisotopic (exact) mass is 357 g/mol. The van der Waals surface area contributed by atoms with Crippen LogP contribution in [-0.4, -0.2) is 24.9 Å². The first-order valence-electron chi connectivity index (χ1n) is 10.1. The summed E-state index contributed by atoms with van der Waals surface area (Å²) in [6.07, 6.45) is 9.37. The number of hydrogen-bond donors (Lipinski definition) is 3. The number of carbonyl (C=O) groups is 2. The third-order valence-corrected chi connectivity index (χ3v) is 5.56. The van der Waals surface area contributed by atoms with Crippen LogP contribution in [0, 0.1) is 11.8 Å². The van der Waals surface area contributed by atoms with E-state index in [0.29, 0.717) is 12.3 Å². The van der Waals surface area contributed by atoms with Gasteiger partial charge < -0.3 is 16.0 Å². The van der Waals surface area contributed by atoms with Gasteiger partial charge in [-0.05, 0) is 69.3 Å². The molecule has 142 valence electrons. The summed E-state index contributed by atoms with van der Waals surface area (Å²) in [5, 5.41) is 9.39. The van der Waals surface area contributed by atoms with Gasteiger partial charge in [-0.3, -0.25) is 9.59 Å². The summed E-state index contributed by atoms with van der Waals surface area (Å²) in [4.78, 5) is 24.7. The van der Waals surface area contributed by atoms with Crippen molar-refractivity contribution in [2.75, 3.05) is 23.7 Å². The third-order valence-electron chi connectivity index (χ3n) is 5.56. The van der Waals surface area contributed by atoms with Gasteiger partial charge in [0.15, 0.2) is 0 Å². The zero-order chi connectivity index (χ0) is 18.2. The van der Waals surface area contributed by atoms with Crippen molar-refractivity contribution in [3.05, 3.63) is 24.3 Å². The van der Waals surface area contributed by atoms with Crippen molar-refractivity contribution in [2.45, 2.75) is 57.8 Å². The molecule has 2 amide bonds. The van der Waals surface area contributed by atoms with Crippen LogP contribution in [0.5, 0.6) is 0 Å². The molecule has 3 N–H and O–H groups in total. The summed E-state index contributed by atoms with van der Waals surface area (Å²) < 4.78 is 0. The van der Waals surface area contributed by atoms with Gasteiger partial charge >= 0.3 is 0 Å². The van der Waals surface area contributed by atoms with E-state index < -0.39 is 0 Å². The first kappa shape index (κ1) is 18.9. The Morgan fingerprint density at radius 3 is 2.50 bits per heavy atom. The zero-order valence-corrected chi connectivity index (χ0v) is 15.6. The molecule has 1 atom stereocenters. The molecule has 5 heteroatoms. The minimum Gasteiger partial charge on any atom is -0.326 e. The number of benzene rings is 1. The van der Waals surface area contributed by atoms with Gasteiger partial charge in [0, 0.05) is 23.7 Å². The van der Waals surface area contributed by atoms with E-state index >= 15 is 0 Å². The fourth-order valence-corrected chi connectivity index (χ4v) is 4.05. The second-order valence-corrected chi connectivity index (χ2v) is 7.70. The summed E-state index contributed by atoms with van der Waals surface area (Å²) in [5.74, 6) is 0.761. The fraction of sp³-hybridized carbons (Fsp3) is 0.619. The Balaban J connectivity index is 1.51. The predicted molar refractivity (Wildman–Crippen MR) is 105 cm³/mol. The topological polar surface area (TPSA) is 70.2 Å². The van der Waals surface area contributed by atoms with Gasteiger partial charge in [0.05, 0.1) is 0 Å². The van der Waals surface area contributed by atoms with Gasteiger partial charge in [0.1, 0.15) is 0 Å². The predicted octanol–water partition coefficient (Wildman–Crippen LogP) is 3.92.